The summed E-state index contributed by atoms with van der Waals surface area (Å²) in [5.74, 6) is -0.239. The molecule has 0 bridgehead atoms. The molecule has 7 heteroatoms. The Bertz CT molecular complexity index is 458. The van der Waals surface area contributed by atoms with Gasteiger partial charge < -0.3 is 10.0 Å². The van der Waals surface area contributed by atoms with Gasteiger partial charge >= 0.3 is 0 Å². The third-order valence-corrected chi connectivity index (χ3v) is 3.63. The van der Waals surface area contributed by atoms with E-state index in [9.17, 15) is 9.90 Å². The van der Waals surface area contributed by atoms with Crippen LogP contribution < -0.4 is 0 Å². The molecule has 0 aliphatic carbocycles. The van der Waals surface area contributed by atoms with Crippen LogP contribution in [0, 0.1) is 0 Å². The second-order valence-electron chi connectivity index (χ2n) is 4.10. The average Bonchev–Trinajstić information content (AvgIpc) is 2.38. The number of thioether (sulfide) groups is 1. The van der Waals surface area contributed by atoms with Crippen molar-refractivity contribution in [2.45, 2.75) is 24.1 Å². The third-order valence-electron chi connectivity index (χ3n) is 2.79. The maximum Gasteiger partial charge on any atom is 0.274 e. The Morgan fingerprint density at radius 3 is 3.11 bits per heavy atom. The van der Waals surface area contributed by atoms with E-state index in [-0.39, 0.29) is 16.6 Å². The van der Waals surface area contributed by atoms with Gasteiger partial charge in [0.25, 0.3) is 5.91 Å². The number of halogens is 1. The van der Waals surface area contributed by atoms with Crippen molar-refractivity contribution in [1.29, 1.82) is 0 Å². The molecule has 1 fully saturated rings. The number of likely N-dealkylation sites (tertiary alicyclic amines) is 1. The molecule has 5 nitrogen and oxygen atoms in total. The van der Waals surface area contributed by atoms with Crippen LogP contribution >= 0.6 is 23.4 Å². The fraction of sp³-hybridized carbons (Fsp3) is 0.545. The number of hydrogen-bond donors (Lipinski definition) is 1. The second-order valence-corrected chi connectivity index (χ2v) is 5.28. The first-order chi connectivity index (χ1) is 8.61. The number of aliphatic hydroxyl groups excluding tert-OH is 1. The van der Waals surface area contributed by atoms with Gasteiger partial charge in [-0.15, -0.1) is 0 Å². The van der Waals surface area contributed by atoms with E-state index in [0.717, 1.165) is 12.8 Å². The summed E-state index contributed by atoms with van der Waals surface area (Å²) >= 11 is 7.31. The fourth-order valence-electron chi connectivity index (χ4n) is 1.89. The van der Waals surface area contributed by atoms with Gasteiger partial charge in [0.2, 0.25) is 0 Å². The molecule has 0 aromatic carbocycles. The highest BCUT2D eigenvalue weighted by Crippen LogP contribution is 2.20. The average molecular weight is 288 g/mol. The minimum Gasteiger partial charge on any atom is -0.391 e. The van der Waals surface area contributed by atoms with Gasteiger partial charge in [0, 0.05) is 13.1 Å². The van der Waals surface area contributed by atoms with Crippen LogP contribution in [0.1, 0.15) is 23.3 Å². The number of nitrogens with zero attached hydrogens (tertiary/aromatic N) is 3. The van der Waals surface area contributed by atoms with Crippen LogP contribution in [-0.2, 0) is 0 Å². The molecule has 1 aromatic rings. The Hall–Kier alpha value is -0.850. The first-order valence-corrected chi connectivity index (χ1v) is 7.26. The summed E-state index contributed by atoms with van der Waals surface area (Å²) in [6.07, 6.45) is 4.35. The smallest absolute Gasteiger partial charge is 0.274 e. The molecule has 1 aromatic heterocycles. The molecule has 98 valence electrons. The molecular weight excluding hydrogens is 274 g/mol. The highest BCUT2D eigenvalue weighted by Gasteiger charge is 2.25. The molecule has 1 aliphatic heterocycles. The zero-order valence-electron chi connectivity index (χ0n) is 9.97. The van der Waals surface area contributed by atoms with Crippen LogP contribution in [0.15, 0.2) is 11.4 Å². The zero-order valence-corrected chi connectivity index (χ0v) is 11.5. The van der Waals surface area contributed by atoms with E-state index in [0.29, 0.717) is 18.2 Å². The lowest BCUT2D eigenvalue weighted by Crippen LogP contribution is -2.42. The van der Waals surface area contributed by atoms with E-state index in [4.69, 9.17) is 11.6 Å². The molecule has 0 saturated carbocycles. The van der Waals surface area contributed by atoms with Crippen molar-refractivity contribution in [3.05, 3.63) is 16.9 Å². The summed E-state index contributed by atoms with van der Waals surface area (Å²) < 4.78 is 0. The van der Waals surface area contributed by atoms with Gasteiger partial charge in [0.15, 0.2) is 10.9 Å². The minimum atomic E-state index is -0.455. The molecule has 1 N–H and O–H groups in total. The van der Waals surface area contributed by atoms with E-state index in [1.807, 2.05) is 6.26 Å². The standard InChI is InChI=1S/C11H14ClN3O2S/c1-18-11-13-5-8(12)9(14-11)10(17)15-4-2-3-7(16)6-15/h5,7,16H,2-4,6H2,1H3. The molecule has 1 unspecified atom stereocenters. The Balaban J connectivity index is 2.22. The van der Waals surface area contributed by atoms with Crippen LogP contribution in [0.2, 0.25) is 5.02 Å². The second kappa shape index (κ2) is 5.86. The summed E-state index contributed by atoms with van der Waals surface area (Å²) in [6, 6.07) is 0. The van der Waals surface area contributed by atoms with Gasteiger partial charge in [-0.25, -0.2) is 9.97 Å². The van der Waals surface area contributed by atoms with Gasteiger partial charge in [0.05, 0.1) is 17.3 Å². The van der Waals surface area contributed by atoms with E-state index in [1.165, 1.54) is 18.0 Å². The van der Waals surface area contributed by atoms with Gasteiger partial charge in [-0.2, -0.15) is 0 Å². The molecule has 0 radical (unpaired) electrons. The van der Waals surface area contributed by atoms with E-state index < -0.39 is 6.10 Å². The quantitative estimate of drug-likeness (QED) is 0.659. The zero-order chi connectivity index (χ0) is 13.1. The van der Waals surface area contributed by atoms with Crippen molar-refractivity contribution >= 4 is 29.3 Å². The molecule has 2 heterocycles. The van der Waals surface area contributed by atoms with E-state index in [2.05, 4.69) is 9.97 Å². The summed E-state index contributed by atoms with van der Waals surface area (Å²) in [5, 5.41) is 10.3. The Morgan fingerprint density at radius 2 is 2.44 bits per heavy atom. The molecule has 18 heavy (non-hydrogen) atoms. The van der Waals surface area contributed by atoms with Crippen molar-refractivity contribution in [3.8, 4) is 0 Å². The van der Waals surface area contributed by atoms with Crippen LogP contribution in [0.25, 0.3) is 0 Å². The van der Waals surface area contributed by atoms with Crippen molar-refractivity contribution < 1.29 is 9.90 Å². The number of carbonyl (C=O) groups excluding carboxylic acids is 1. The number of amides is 1. The van der Waals surface area contributed by atoms with Gasteiger partial charge in [-0.1, -0.05) is 23.4 Å². The van der Waals surface area contributed by atoms with Crippen molar-refractivity contribution in [3.63, 3.8) is 0 Å². The van der Waals surface area contributed by atoms with Crippen molar-refractivity contribution in [2.75, 3.05) is 19.3 Å². The van der Waals surface area contributed by atoms with Crippen LogP contribution in [0.3, 0.4) is 0 Å². The normalized spacial score (nSPS) is 19.9. The monoisotopic (exact) mass is 287 g/mol. The summed E-state index contributed by atoms with van der Waals surface area (Å²) in [4.78, 5) is 22.0. The topological polar surface area (TPSA) is 66.3 Å². The molecule has 2 rings (SSSR count). The van der Waals surface area contributed by atoms with E-state index in [1.54, 1.807) is 4.90 Å². The summed E-state index contributed by atoms with van der Waals surface area (Å²) in [7, 11) is 0. The van der Waals surface area contributed by atoms with Crippen LogP contribution in [0.4, 0.5) is 0 Å². The first-order valence-electron chi connectivity index (χ1n) is 5.65. The predicted octanol–water partition coefficient (Wildman–Crippen LogP) is 1.45. The lowest BCUT2D eigenvalue weighted by atomic mass is 10.1. The molecule has 0 spiro atoms. The van der Waals surface area contributed by atoms with Crippen LogP contribution in [0.5, 0.6) is 0 Å². The highest BCUT2D eigenvalue weighted by atomic mass is 35.5. The van der Waals surface area contributed by atoms with Crippen LogP contribution in [-0.4, -0.2) is 51.3 Å². The number of hydrogen-bond acceptors (Lipinski definition) is 5. The fourth-order valence-corrected chi connectivity index (χ4v) is 2.40. The SMILES string of the molecule is CSc1ncc(Cl)c(C(=O)N2CCCC(O)C2)n1. The number of aliphatic hydroxyl groups is 1. The number of piperidine rings is 1. The Kier molecular flexibility index (Phi) is 4.42. The molecule has 1 aliphatic rings. The number of β-amino-alcohol motifs (C(OH)–C–C–N with tert-alkyl or cyclic N) is 1. The van der Waals surface area contributed by atoms with E-state index >= 15 is 0 Å². The Morgan fingerprint density at radius 1 is 1.67 bits per heavy atom. The molecule has 1 saturated heterocycles. The maximum absolute atomic E-state index is 12.3. The summed E-state index contributed by atoms with van der Waals surface area (Å²) in [6.45, 7) is 0.971. The highest BCUT2D eigenvalue weighted by molar-refractivity contribution is 7.98. The molecular formula is C11H14ClN3O2S. The van der Waals surface area contributed by atoms with Crippen molar-refractivity contribution in [1.82, 2.24) is 14.9 Å². The first kappa shape index (κ1) is 13.6. The van der Waals surface area contributed by atoms with Gasteiger partial charge in [0.1, 0.15) is 0 Å². The third kappa shape index (κ3) is 2.93. The molecule has 1 amide bonds. The lowest BCUT2D eigenvalue weighted by Gasteiger charge is -2.29. The Labute approximate surface area is 115 Å². The lowest BCUT2D eigenvalue weighted by molar-refractivity contribution is 0.0468. The predicted molar refractivity (Wildman–Crippen MR) is 70.0 cm³/mol. The largest absolute Gasteiger partial charge is 0.391 e. The van der Waals surface area contributed by atoms with Gasteiger partial charge in [-0.05, 0) is 19.1 Å². The number of rotatable bonds is 2. The number of aromatic nitrogens is 2. The van der Waals surface area contributed by atoms with Crippen molar-refractivity contribution in [2.24, 2.45) is 0 Å². The van der Waals surface area contributed by atoms with Gasteiger partial charge in [-0.3, -0.25) is 4.79 Å². The minimum absolute atomic E-state index is 0.213. The maximum atomic E-state index is 12.3. The summed E-state index contributed by atoms with van der Waals surface area (Å²) in [5.41, 5.74) is 0.213. The number of carbonyl (C=O) groups is 1. The molecule has 1 atom stereocenters.